The Hall–Kier alpha value is -3.70. The summed E-state index contributed by atoms with van der Waals surface area (Å²) in [6.07, 6.45) is 10.7. The highest BCUT2D eigenvalue weighted by atomic mass is 35.5. The lowest BCUT2D eigenvalue weighted by Crippen LogP contribution is -2.23. The zero-order valence-corrected chi connectivity index (χ0v) is 20.7. The molecule has 2 heterocycles. The maximum atomic E-state index is 13.6. The summed E-state index contributed by atoms with van der Waals surface area (Å²) < 4.78 is 1.87. The first kappa shape index (κ1) is 24.0. The number of hydrogen-bond donors (Lipinski definition) is 1. The van der Waals surface area contributed by atoms with Crippen LogP contribution in [-0.2, 0) is 4.79 Å². The number of nitrogens with one attached hydrogen (secondary N) is 1. The number of pyridine rings is 1. The number of carbonyl (C=O) groups excluding carboxylic acids is 2. The van der Waals surface area contributed by atoms with Crippen LogP contribution >= 0.6 is 11.6 Å². The normalized spacial score (nSPS) is 14.6. The number of benzene rings is 2. The minimum atomic E-state index is -0.384. The van der Waals surface area contributed by atoms with Gasteiger partial charge in [0.1, 0.15) is 5.82 Å². The Balaban J connectivity index is 1.58. The van der Waals surface area contributed by atoms with Gasteiger partial charge in [-0.3, -0.25) is 9.59 Å². The molecule has 0 radical (unpaired) electrons. The lowest BCUT2D eigenvalue weighted by molar-refractivity contribution is -0.118. The molecule has 5 nitrogen and oxygen atoms in total. The summed E-state index contributed by atoms with van der Waals surface area (Å²) in [5.74, 6) is 0.396. The summed E-state index contributed by atoms with van der Waals surface area (Å²) in [6, 6.07) is 18.2. The van der Waals surface area contributed by atoms with Gasteiger partial charge in [-0.15, -0.1) is 0 Å². The summed E-state index contributed by atoms with van der Waals surface area (Å²) in [4.78, 5) is 31.1. The van der Waals surface area contributed by atoms with E-state index in [2.05, 4.69) is 16.9 Å². The van der Waals surface area contributed by atoms with Crippen LogP contribution in [0.2, 0.25) is 5.02 Å². The van der Waals surface area contributed by atoms with Crippen molar-refractivity contribution < 1.29 is 9.59 Å². The number of fused-ring (bicyclic) bond motifs is 1. The van der Waals surface area contributed by atoms with Crippen LogP contribution < -0.4 is 5.32 Å². The molecule has 1 aliphatic rings. The maximum Gasteiger partial charge on any atom is 0.233 e. The molecule has 1 atom stereocenters. The summed E-state index contributed by atoms with van der Waals surface area (Å²) in [5, 5.41) is 4.22. The lowest BCUT2D eigenvalue weighted by Gasteiger charge is -2.20. The Morgan fingerprint density at radius 1 is 1.11 bits per heavy atom. The Morgan fingerprint density at radius 3 is 2.56 bits per heavy atom. The molecule has 2 aromatic carbocycles. The van der Waals surface area contributed by atoms with E-state index in [1.54, 1.807) is 30.6 Å². The number of hydrogen-bond acceptors (Lipinski definition) is 3. The van der Waals surface area contributed by atoms with E-state index in [0.717, 1.165) is 35.7 Å². The van der Waals surface area contributed by atoms with Crippen LogP contribution in [-0.4, -0.2) is 21.2 Å². The third kappa shape index (κ3) is 4.84. The van der Waals surface area contributed by atoms with Crippen molar-refractivity contribution in [3.05, 3.63) is 101 Å². The molecule has 0 bridgehead atoms. The Labute approximate surface area is 215 Å². The first-order chi connectivity index (χ1) is 17.5. The highest BCUT2D eigenvalue weighted by molar-refractivity contribution is 6.36. The summed E-state index contributed by atoms with van der Waals surface area (Å²) >= 11 is 6.69. The van der Waals surface area contributed by atoms with Crippen molar-refractivity contribution in [2.24, 2.45) is 5.92 Å². The predicted octanol–water partition coefficient (Wildman–Crippen LogP) is 7.32. The molecule has 1 amide bonds. The van der Waals surface area contributed by atoms with Crippen LogP contribution in [0.4, 0.5) is 5.82 Å². The Kier molecular flexibility index (Phi) is 7.01. The second-order valence-electron chi connectivity index (χ2n) is 9.36. The smallest absolute Gasteiger partial charge is 0.233 e. The first-order valence-electron chi connectivity index (χ1n) is 12.3. The molecule has 36 heavy (non-hydrogen) atoms. The van der Waals surface area contributed by atoms with Crippen molar-refractivity contribution in [3.63, 3.8) is 0 Å². The molecule has 1 unspecified atom stereocenters. The second kappa shape index (κ2) is 10.5. The number of aromatic nitrogens is 2. The number of rotatable bonds is 8. The molecule has 1 N–H and O–H groups in total. The van der Waals surface area contributed by atoms with Gasteiger partial charge < -0.3 is 9.88 Å². The molecule has 0 saturated heterocycles. The molecule has 2 aromatic heterocycles. The fourth-order valence-electron chi connectivity index (χ4n) is 5.25. The largest absolute Gasteiger partial charge is 0.324 e. The quantitative estimate of drug-likeness (QED) is 0.259. The molecule has 0 spiro atoms. The van der Waals surface area contributed by atoms with Gasteiger partial charge >= 0.3 is 0 Å². The maximum absolute atomic E-state index is 13.6. The van der Waals surface area contributed by atoms with E-state index >= 15 is 0 Å². The number of carbonyl (C=O) groups is 2. The van der Waals surface area contributed by atoms with Gasteiger partial charge in [0.05, 0.1) is 16.5 Å². The van der Waals surface area contributed by atoms with Crippen LogP contribution in [0.25, 0.3) is 17.1 Å². The molecular weight excluding hydrogens is 470 g/mol. The van der Waals surface area contributed by atoms with Gasteiger partial charge in [0.15, 0.2) is 5.78 Å². The third-order valence-electron chi connectivity index (χ3n) is 7.08. The topological polar surface area (TPSA) is 64.0 Å². The summed E-state index contributed by atoms with van der Waals surface area (Å²) in [7, 11) is 0. The van der Waals surface area contributed by atoms with Crippen molar-refractivity contribution >= 4 is 46.2 Å². The lowest BCUT2D eigenvalue weighted by atomic mass is 9.86. The van der Waals surface area contributed by atoms with Crippen LogP contribution in [0.15, 0.2) is 79.6 Å². The number of ketones is 1. The van der Waals surface area contributed by atoms with E-state index in [9.17, 15) is 9.59 Å². The van der Waals surface area contributed by atoms with Gasteiger partial charge in [0, 0.05) is 35.1 Å². The monoisotopic (exact) mass is 497 g/mol. The third-order valence-corrected chi connectivity index (χ3v) is 7.39. The Morgan fingerprint density at radius 2 is 1.86 bits per heavy atom. The summed E-state index contributed by atoms with van der Waals surface area (Å²) in [6.45, 7) is 3.96. The minimum Gasteiger partial charge on any atom is -0.324 e. The molecule has 1 fully saturated rings. The van der Waals surface area contributed by atoms with Gasteiger partial charge in [0.2, 0.25) is 5.91 Å². The molecule has 182 valence electrons. The van der Waals surface area contributed by atoms with E-state index in [0.29, 0.717) is 27.9 Å². The average Bonchev–Trinajstić information content (AvgIpc) is 3.55. The zero-order valence-electron chi connectivity index (χ0n) is 20.0. The summed E-state index contributed by atoms with van der Waals surface area (Å²) in [5.41, 5.74) is 2.68. The van der Waals surface area contributed by atoms with Crippen molar-refractivity contribution in [2.45, 2.75) is 38.0 Å². The zero-order chi connectivity index (χ0) is 25.1. The van der Waals surface area contributed by atoms with Crippen molar-refractivity contribution in [3.8, 4) is 0 Å². The SMILES string of the molecule is C=Cn1cc(C(CC2CCCC2)C(=O)Nc2ccccn2)c2cc(Cl)c(C(=O)c3ccccc3)cc21. The van der Waals surface area contributed by atoms with E-state index in [-0.39, 0.29) is 17.6 Å². The highest BCUT2D eigenvalue weighted by Crippen LogP contribution is 2.39. The average molecular weight is 498 g/mol. The van der Waals surface area contributed by atoms with Crippen molar-refractivity contribution in [1.82, 2.24) is 9.55 Å². The predicted molar refractivity (Wildman–Crippen MR) is 145 cm³/mol. The molecule has 6 heteroatoms. The van der Waals surface area contributed by atoms with E-state index in [1.165, 1.54) is 12.8 Å². The standard InChI is InChI=1S/C30H28ClN3O2/c1-2-34-19-25(22-17-26(31)24(18-27(22)34)29(35)21-12-4-3-5-13-21)23(16-20-10-6-7-11-20)30(36)33-28-14-8-9-15-32-28/h2-5,8-9,12-15,17-20,23H,1,6-7,10-11,16H2,(H,32,33,36). The van der Waals surface area contributed by atoms with Crippen LogP contribution in [0.3, 0.4) is 0 Å². The van der Waals surface area contributed by atoms with Gasteiger partial charge in [-0.2, -0.15) is 0 Å². The molecule has 1 saturated carbocycles. The van der Waals surface area contributed by atoms with Gasteiger partial charge in [-0.25, -0.2) is 4.98 Å². The van der Waals surface area contributed by atoms with Gasteiger partial charge in [-0.1, -0.05) is 80.3 Å². The molecule has 5 rings (SSSR count). The van der Waals surface area contributed by atoms with Crippen LogP contribution in [0.5, 0.6) is 0 Å². The number of nitrogens with zero attached hydrogens (tertiary/aromatic N) is 2. The number of halogens is 1. The highest BCUT2D eigenvalue weighted by Gasteiger charge is 2.30. The fraction of sp³-hybridized carbons (Fsp3) is 0.233. The van der Waals surface area contributed by atoms with E-state index in [4.69, 9.17) is 11.6 Å². The van der Waals surface area contributed by atoms with Gasteiger partial charge in [0.25, 0.3) is 0 Å². The van der Waals surface area contributed by atoms with Crippen LogP contribution in [0.1, 0.15) is 59.5 Å². The number of anilines is 1. The van der Waals surface area contributed by atoms with Crippen molar-refractivity contribution in [2.75, 3.05) is 5.32 Å². The molecule has 1 aliphatic carbocycles. The van der Waals surface area contributed by atoms with Crippen LogP contribution in [0, 0.1) is 5.92 Å². The number of amides is 1. The van der Waals surface area contributed by atoms with Gasteiger partial charge in [-0.05, 0) is 42.2 Å². The second-order valence-corrected chi connectivity index (χ2v) is 9.77. The molecule has 0 aliphatic heterocycles. The minimum absolute atomic E-state index is 0.0933. The molecular formula is C30H28ClN3O2. The van der Waals surface area contributed by atoms with E-state index < -0.39 is 0 Å². The van der Waals surface area contributed by atoms with Crippen molar-refractivity contribution in [1.29, 1.82) is 0 Å². The first-order valence-corrected chi connectivity index (χ1v) is 12.7. The van der Waals surface area contributed by atoms with E-state index in [1.807, 2.05) is 53.2 Å². The molecule has 4 aromatic rings. The fourth-order valence-corrected chi connectivity index (χ4v) is 5.50. The Bertz CT molecular complexity index is 1410.